The number of benzene rings is 2. The molecule has 3 rings (SSSR count). The van der Waals surface area contributed by atoms with Crippen molar-refractivity contribution in [2.45, 2.75) is 0 Å². The van der Waals surface area contributed by atoms with Crippen molar-refractivity contribution in [1.82, 2.24) is 15.0 Å². The molecule has 0 atom stereocenters. The minimum Gasteiger partial charge on any atom is -0.422 e. The molecule has 0 aliphatic rings. The van der Waals surface area contributed by atoms with E-state index in [0.717, 1.165) is 5.69 Å². The number of nitrogens with one attached hydrogen (secondary N) is 1. The number of rotatable bonds is 4. The van der Waals surface area contributed by atoms with Crippen LogP contribution in [0.3, 0.4) is 0 Å². The summed E-state index contributed by atoms with van der Waals surface area (Å²) in [7, 11) is 0. The fourth-order valence-electron chi connectivity index (χ4n) is 1.96. The van der Waals surface area contributed by atoms with Crippen LogP contribution in [0.4, 0.5) is 11.6 Å². The number of nitrogens with zero attached hydrogens (tertiary/aromatic N) is 5. The molecule has 0 radical (unpaired) electrons. The van der Waals surface area contributed by atoms with E-state index in [2.05, 4.69) is 64.3 Å². The fourth-order valence-corrected chi connectivity index (χ4v) is 3.31. The van der Waals surface area contributed by atoms with Gasteiger partial charge >= 0.3 is 6.01 Å². The lowest BCUT2D eigenvalue weighted by molar-refractivity contribution is 0.435. The molecule has 0 aliphatic heterocycles. The van der Waals surface area contributed by atoms with Crippen LogP contribution in [0.2, 0.25) is 0 Å². The van der Waals surface area contributed by atoms with E-state index in [1.807, 2.05) is 0 Å². The first kappa shape index (κ1) is 17.8. The molecule has 9 heteroatoms. The zero-order chi connectivity index (χ0) is 18.5. The van der Waals surface area contributed by atoms with Gasteiger partial charge in [0.25, 0.3) is 0 Å². The van der Waals surface area contributed by atoms with Crippen LogP contribution < -0.4 is 10.1 Å². The number of hydrogen-bond donors (Lipinski definition) is 1. The minimum absolute atomic E-state index is 0.0854. The van der Waals surface area contributed by atoms with Crippen LogP contribution in [0.5, 0.6) is 11.8 Å². The van der Waals surface area contributed by atoms with Gasteiger partial charge in [-0.05, 0) is 68.3 Å². The van der Waals surface area contributed by atoms with Gasteiger partial charge in [-0.1, -0.05) is 0 Å². The maximum Gasteiger partial charge on any atom is 0.326 e. The smallest absolute Gasteiger partial charge is 0.326 e. The molecule has 0 spiro atoms. The number of hydrogen-bond acceptors (Lipinski definition) is 7. The lowest BCUT2D eigenvalue weighted by atomic mass is 10.2. The molecule has 1 aromatic heterocycles. The standard InChI is InChI=1S/C17H8Br2N6O/c18-13-5-11(8-21)6-14(19)15(13)26-17-23-9-22-16(25-17)24-12-3-1-10(7-20)2-4-12/h1-6,9H,(H,22,23,24,25). The van der Waals surface area contributed by atoms with E-state index >= 15 is 0 Å². The van der Waals surface area contributed by atoms with Crippen molar-refractivity contribution in [2.75, 3.05) is 5.32 Å². The summed E-state index contributed by atoms with van der Waals surface area (Å²) in [5, 5.41) is 20.8. The van der Waals surface area contributed by atoms with Crippen LogP contribution in [0.1, 0.15) is 11.1 Å². The Labute approximate surface area is 165 Å². The van der Waals surface area contributed by atoms with Crippen molar-refractivity contribution >= 4 is 43.5 Å². The van der Waals surface area contributed by atoms with E-state index in [4.69, 9.17) is 15.3 Å². The third-order valence-corrected chi connectivity index (χ3v) is 4.32. The van der Waals surface area contributed by atoms with Crippen molar-refractivity contribution in [1.29, 1.82) is 10.5 Å². The van der Waals surface area contributed by atoms with Gasteiger partial charge in [0, 0.05) is 5.69 Å². The van der Waals surface area contributed by atoms with Gasteiger partial charge in [-0.3, -0.25) is 0 Å². The molecule has 7 nitrogen and oxygen atoms in total. The molecule has 126 valence electrons. The monoisotopic (exact) mass is 470 g/mol. The number of anilines is 2. The molecular formula is C17H8Br2N6O. The highest BCUT2D eigenvalue weighted by Crippen LogP contribution is 2.36. The fraction of sp³-hybridized carbons (Fsp3) is 0. The van der Waals surface area contributed by atoms with Crippen molar-refractivity contribution in [3.8, 4) is 23.9 Å². The Morgan fingerprint density at radius 3 is 2.19 bits per heavy atom. The second-order valence-electron chi connectivity index (χ2n) is 4.89. The molecule has 0 amide bonds. The van der Waals surface area contributed by atoms with Crippen LogP contribution in [-0.2, 0) is 0 Å². The number of ether oxygens (including phenoxy) is 1. The van der Waals surface area contributed by atoms with E-state index in [1.165, 1.54) is 6.33 Å². The summed E-state index contributed by atoms with van der Waals surface area (Å²) in [4.78, 5) is 12.2. The third kappa shape index (κ3) is 4.14. The minimum atomic E-state index is 0.0854. The Kier molecular flexibility index (Phi) is 5.42. The van der Waals surface area contributed by atoms with Crippen LogP contribution >= 0.6 is 31.9 Å². The van der Waals surface area contributed by atoms with E-state index in [0.29, 0.717) is 31.8 Å². The molecule has 0 fully saturated rings. The van der Waals surface area contributed by atoms with Gasteiger partial charge in [-0.2, -0.15) is 20.5 Å². The lowest BCUT2D eigenvalue weighted by Gasteiger charge is -2.10. The van der Waals surface area contributed by atoms with Crippen LogP contribution in [-0.4, -0.2) is 15.0 Å². The number of aromatic nitrogens is 3. The summed E-state index contributed by atoms with van der Waals surface area (Å²) < 4.78 is 6.88. The Morgan fingerprint density at radius 1 is 0.923 bits per heavy atom. The second-order valence-corrected chi connectivity index (χ2v) is 6.60. The van der Waals surface area contributed by atoms with Gasteiger partial charge in [0.05, 0.1) is 32.2 Å². The summed E-state index contributed by atoms with van der Waals surface area (Å²) in [6.45, 7) is 0. The summed E-state index contributed by atoms with van der Waals surface area (Å²) >= 11 is 6.73. The van der Waals surface area contributed by atoms with Gasteiger partial charge in [-0.25, -0.2) is 4.98 Å². The summed E-state index contributed by atoms with van der Waals surface area (Å²) in [6.07, 6.45) is 1.32. The van der Waals surface area contributed by atoms with Crippen LogP contribution in [0, 0.1) is 22.7 Å². The van der Waals surface area contributed by atoms with Gasteiger partial charge in [0.1, 0.15) is 6.33 Å². The zero-order valence-corrected chi connectivity index (χ0v) is 16.1. The molecule has 0 saturated heterocycles. The highest BCUT2D eigenvalue weighted by atomic mass is 79.9. The highest BCUT2D eigenvalue weighted by Gasteiger charge is 2.12. The highest BCUT2D eigenvalue weighted by molar-refractivity contribution is 9.11. The molecule has 0 aliphatic carbocycles. The first-order valence-corrected chi connectivity index (χ1v) is 8.71. The normalized spacial score (nSPS) is 9.85. The van der Waals surface area contributed by atoms with Crippen molar-refractivity contribution < 1.29 is 4.74 Å². The molecule has 1 N–H and O–H groups in total. The third-order valence-electron chi connectivity index (χ3n) is 3.14. The van der Waals surface area contributed by atoms with Crippen molar-refractivity contribution in [3.05, 3.63) is 62.8 Å². The van der Waals surface area contributed by atoms with E-state index in [-0.39, 0.29) is 6.01 Å². The first-order valence-electron chi connectivity index (χ1n) is 7.12. The van der Waals surface area contributed by atoms with Crippen molar-refractivity contribution in [3.63, 3.8) is 0 Å². The summed E-state index contributed by atoms with van der Waals surface area (Å²) in [5.41, 5.74) is 1.77. The Bertz CT molecular complexity index is 1020. The Morgan fingerprint density at radius 2 is 1.58 bits per heavy atom. The molecule has 0 bridgehead atoms. The molecule has 0 saturated carbocycles. The van der Waals surface area contributed by atoms with Gasteiger partial charge in [0.2, 0.25) is 5.95 Å². The zero-order valence-electron chi connectivity index (χ0n) is 12.9. The topological polar surface area (TPSA) is 108 Å². The summed E-state index contributed by atoms with van der Waals surface area (Å²) in [6, 6.07) is 14.3. The van der Waals surface area contributed by atoms with Gasteiger partial charge < -0.3 is 10.1 Å². The Balaban J connectivity index is 1.82. The number of halogens is 2. The predicted octanol–water partition coefficient (Wildman–Crippen LogP) is 4.68. The van der Waals surface area contributed by atoms with Crippen molar-refractivity contribution in [2.24, 2.45) is 0 Å². The first-order chi connectivity index (χ1) is 12.6. The van der Waals surface area contributed by atoms with E-state index in [9.17, 15) is 0 Å². The second kappa shape index (κ2) is 7.91. The van der Waals surface area contributed by atoms with Gasteiger partial charge in [-0.15, -0.1) is 0 Å². The van der Waals surface area contributed by atoms with Crippen LogP contribution in [0.25, 0.3) is 0 Å². The average molecular weight is 472 g/mol. The molecule has 0 unspecified atom stereocenters. The average Bonchev–Trinajstić information content (AvgIpc) is 2.65. The maximum atomic E-state index is 8.99. The molecule has 1 heterocycles. The lowest BCUT2D eigenvalue weighted by Crippen LogP contribution is -2.01. The Hall–Kier alpha value is -3.01. The SMILES string of the molecule is N#Cc1ccc(Nc2ncnc(Oc3c(Br)cc(C#N)cc3Br)n2)cc1. The maximum absolute atomic E-state index is 8.99. The molecule has 3 aromatic rings. The summed E-state index contributed by atoms with van der Waals surface area (Å²) in [5.74, 6) is 0.736. The largest absolute Gasteiger partial charge is 0.422 e. The number of nitriles is 2. The molecule has 2 aromatic carbocycles. The van der Waals surface area contributed by atoms with Crippen LogP contribution in [0.15, 0.2) is 51.7 Å². The molecular weight excluding hydrogens is 464 g/mol. The quantitative estimate of drug-likeness (QED) is 0.588. The van der Waals surface area contributed by atoms with E-state index in [1.54, 1.807) is 36.4 Å². The molecule has 26 heavy (non-hydrogen) atoms. The van der Waals surface area contributed by atoms with Gasteiger partial charge in [0.15, 0.2) is 5.75 Å². The predicted molar refractivity (Wildman–Crippen MR) is 101 cm³/mol. The van der Waals surface area contributed by atoms with E-state index < -0.39 is 0 Å².